The van der Waals surface area contributed by atoms with Crippen LogP contribution in [0.2, 0.25) is 0 Å². The Morgan fingerprint density at radius 1 is 1.50 bits per heavy atom. The number of ether oxygens (including phenoxy) is 1. The lowest BCUT2D eigenvalue weighted by molar-refractivity contribution is 0.0208. The first kappa shape index (κ1) is 15.4. The third kappa shape index (κ3) is 3.57. The van der Waals surface area contributed by atoms with Crippen LogP contribution in [0.3, 0.4) is 0 Å². The Morgan fingerprint density at radius 3 is 2.75 bits per heavy atom. The SMILES string of the molecule is Cc1ncc(S(=O)(=O)N2CCC(OCCCN)CC2)[nH]1. The highest BCUT2D eigenvalue weighted by atomic mass is 32.2. The van der Waals surface area contributed by atoms with Crippen LogP contribution < -0.4 is 5.73 Å². The number of aromatic nitrogens is 2. The van der Waals surface area contributed by atoms with Gasteiger partial charge in [-0.3, -0.25) is 0 Å². The monoisotopic (exact) mass is 302 g/mol. The average molecular weight is 302 g/mol. The lowest BCUT2D eigenvalue weighted by Crippen LogP contribution is -2.41. The normalized spacial score (nSPS) is 18.5. The predicted octanol–water partition coefficient (Wildman–Crippen LogP) is 0.237. The minimum atomic E-state index is -3.45. The summed E-state index contributed by atoms with van der Waals surface area (Å²) in [7, 11) is -3.45. The number of sulfonamides is 1. The molecule has 2 rings (SSSR count). The molecule has 1 aromatic heterocycles. The minimum Gasteiger partial charge on any atom is -0.378 e. The van der Waals surface area contributed by atoms with Crippen molar-refractivity contribution >= 4 is 10.0 Å². The van der Waals surface area contributed by atoms with Gasteiger partial charge in [0, 0.05) is 19.7 Å². The summed E-state index contributed by atoms with van der Waals surface area (Å²) in [6, 6.07) is 0. The Bertz CT molecular complexity index is 521. The Kier molecular flexibility index (Phi) is 5.14. The van der Waals surface area contributed by atoms with Crippen LogP contribution in [0, 0.1) is 6.92 Å². The third-order valence-corrected chi connectivity index (χ3v) is 5.21. The Morgan fingerprint density at radius 2 is 2.20 bits per heavy atom. The first-order chi connectivity index (χ1) is 9.54. The van der Waals surface area contributed by atoms with Gasteiger partial charge in [-0.2, -0.15) is 4.31 Å². The molecule has 1 fully saturated rings. The standard InChI is InChI=1S/C12H22N4O3S/c1-10-14-9-12(15-10)20(17,18)16-6-3-11(4-7-16)19-8-2-5-13/h9,11H,2-8,13H2,1H3,(H,14,15). The second-order valence-corrected chi connectivity index (χ2v) is 6.86. The van der Waals surface area contributed by atoms with E-state index in [2.05, 4.69) is 9.97 Å². The van der Waals surface area contributed by atoms with Crippen LogP contribution in [0.15, 0.2) is 11.2 Å². The second-order valence-electron chi connectivity index (χ2n) is 4.95. The number of nitrogens with two attached hydrogens (primary N) is 1. The number of piperidine rings is 1. The van der Waals surface area contributed by atoms with Crippen molar-refractivity contribution in [1.29, 1.82) is 0 Å². The summed E-state index contributed by atoms with van der Waals surface area (Å²) in [5, 5.41) is 0.164. The molecule has 1 aromatic rings. The summed E-state index contributed by atoms with van der Waals surface area (Å²) >= 11 is 0. The topological polar surface area (TPSA) is 101 Å². The number of hydrogen-bond acceptors (Lipinski definition) is 5. The Balaban J connectivity index is 1.90. The summed E-state index contributed by atoms with van der Waals surface area (Å²) in [6.07, 6.45) is 3.78. The first-order valence-corrected chi connectivity index (χ1v) is 8.31. The molecule has 8 heteroatoms. The predicted molar refractivity (Wildman–Crippen MR) is 74.7 cm³/mol. The van der Waals surface area contributed by atoms with Crippen molar-refractivity contribution in [2.75, 3.05) is 26.2 Å². The molecule has 3 N–H and O–H groups in total. The zero-order chi connectivity index (χ0) is 14.6. The molecule has 0 saturated carbocycles. The fourth-order valence-corrected chi connectivity index (χ4v) is 3.67. The molecule has 2 heterocycles. The van der Waals surface area contributed by atoms with Crippen LogP contribution in [-0.4, -0.2) is 55.0 Å². The minimum absolute atomic E-state index is 0.136. The molecule has 0 radical (unpaired) electrons. The van der Waals surface area contributed by atoms with E-state index in [-0.39, 0.29) is 11.1 Å². The smallest absolute Gasteiger partial charge is 0.260 e. The summed E-state index contributed by atoms with van der Waals surface area (Å²) < 4.78 is 31.9. The van der Waals surface area contributed by atoms with Crippen molar-refractivity contribution in [1.82, 2.24) is 14.3 Å². The zero-order valence-corrected chi connectivity index (χ0v) is 12.5. The highest BCUT2D eigenvalue weighted by Crippen LogP contribution is 2.21. The molecule has 0 spiro atoms. The van der Waals surface area contributed by atoms with E-state index in [0.29, 0.717) is 32.1 Å². The average Bonchev–Trinajstić information content (AvgIpc) is 2.87. The number of rotatable bonds is 6. The van der Waals surface area contributed by atoms with Gasteiger partial charge in [0.25, 0.3) is 10.0 Å². The molecule has 20 heavy (non-hydrogen) atoms. The molecule has 0 aliphatic carbocycles. The van der Waals surface area contributed by atoms with Gasteiger partial charge in [-0.05, 0) is 32.7 Å². The largest absolute Gasteiger partial charge is 0.378 e. The molecule has 0 atom stereocenters. The van der Waals surface area contributed by atoms with Crippen molar-refractivity contribution in [2.24, 2.45) is 5.73 Å². The van der Waals surface area contributed by atoms with Gasteiger partial charge in [0.2, 0.25) is 0 Å². The molecule has 0 bridgehead atoms. The maximum atomic E-state index is 12.4. The second kappa shape index (κ2) is 6.66. The maximum absolute atomic E-state index is 12.4. The number of aryl methyl sites for hydroxylation is 1. The summed E-state index contributed by atoms with van der Waals surface area (Å²) in [4.78, 5) is 6.73. The van der Waals surface area contributed by atoms with Gasteiger partial charge >= 0.3 is 0 Å². The van der Waals surface area contributed by atoms with Crippen molar-refractivity contribution in [2.45, 2.75) is 37.3 Å². The van der Waals surface area contributed by atoms with Crippen LogP contribution >= 0.6 is 0 Å². The first-order valence-electron chi connectivity index (χ1n) is 6.87. The fraction of sp³-hybridized carbons (Fsp3) is 0.750. The quantitative estimate of drug-likeness (QED) is 0.733. The van der Waals surface area contributed by atoms with Gasteiger partial charge in [-0.1, -0.05) is 0 Å². The lowest BCUT2D eigenvalue weighted by Gasteiger charge is -2.30. The summed E-state index contributed by atoms with van der Waals surface area (Å²) in [5.74, 6) is 0.601. The number of imidazole rings is 1. The van der Waals surface area contributed by atoms with E-state index in [1.54, 1.807) is 6.92 Å². The molecular weight excluding hydrogens is 280 g/mol. The van der Waals surface area contributed by atoms with E-state index < -0.39 is 10.0 Å². The van der Waals surface area contributed by atoms with E-state index in [4.69, 9.17) is 10.5 Å². The molecular formula is C12H22N4O3S. The van der Waals surface area contributed by atoms with Crippen LogP contribution in [0.5, 0.6) is 0 Å². The van der Waals surface area contributed by atoms with Gasteiger partial charge in [0.1, 0.15) is 5.82 Å². The molecule has 1 aliphatic heterocycles. The third-order valence-electron chi connectivity index (χ3n) is 3.40. The molecule has 1 aliphatic rings. The van der Waals surface area contributed by atoms with E-state index in [9.17, 15) is 8.42 Å². The maximum Gasteiger partial charge on any atom is 0.260 e. The molecule has 7 nitrogen and oxygen atoms in total. The summed E-state index contributed by atoms with van der Waals surface area (Å²) in [5.41, 5.74) is 5.41. The van der Waals surface area contributed by atoms with E-state index in [0.717, 1.165) is 19.3 Å². The lowest BCUT2D eigenvalue weighted by atomic mass is 10.1. The van der Waals surface area contributed by atoms with Gasteiger partial charge in [-0.15, -0.1) is 0 Å². The van der Waals surface area contributed by atoms with E-state index >= 15 is 0 Å². The summed E-state index contributed by atoms with van der Waals surface area (Å²) in [6.45, 7) is 3.96. The van der Waals surface area contributed by atoms with Gasteiger partial charge in [0.05, 0.1) is 12.3 Å². The molecule has 114 valence electrons. The van der Waals surface area contributed by atoms with Crippen molar-refractivity contribution < 1.29 is 13.2 Å². The molecule has 0 amide bonds. The molecule has 1 saturated heterocycles. The number of nitrogens with zero attached hydrogens (tertiary/aromatic N) is 2. The van der Waals surface area contributed by atoms with E-state index in [1.807, 2.05) is 0 Å². The Labute approximate surface area is 119 Å². The number of hydrogen-bond donors (Lipinski definition) is 2. The fourth-order valence-electron chi connectivity index (χ4n) is 2.24. The van der Waals surface area contributed by atoms with Gasteiger partial charge < -0.3 is 15.5 Å². The highest BCUT2D eigenvalue weighted by Gasteiger charge is 2.30. The van der Waals surface area contributed by atoms with Crippen LogP contribution in [-0.2, 0) is 14.8 Å². The zero-order valence-electron chi connectivity index (χ0n) is 11.7. The Hall–Kier alpha value is -0.960. The van der Waals surface area contributed by atoms with Crippen molar-refractivity contribution in [3.63, 3.8) is 0 Å². The van der Waals surface area contributed by atoms with Gasteiger partial charge in [0.15, 0.2) is 5.03 Å². The molecule has 0 aromatic carbocycles. The van der Waals surface area contributed by atoms with Crippen LogP contribution in [0.1, 0.15) is 25.1 Å². The number of aromatic amines is 1. The molecule has 0 unspecified atom stereocenters. The number of H-pyrrole nitrogens is 1. The van der Waals surface area contributed by atoms with Gasteiger partial charge in [-0.25, -0.2) is 13.4 Å². The van der Waals surface area contributed by atoms with Crippen LogP contribution in [0.4, 0.5) is 0 Å². The highest BCUT2D eigenvalue weighted by molar-refractivity contribution is 7.89. The van der Waals surface area contributed by atoms with E-state index in [1.165, 1.54) is 10.5 Å². The van der Waals surface area contributed by atoms with Crippen molar-refractivity contribution in [3.05, 3.63) is 12.0 Å². The number of nitrogens with one attached hydrogen (secondary N) is 1. The van der Waals surface area contributed by atoms with Crippen LogP contribution in [0.25, 0.3) is 0 Å². The van der Waals surface area contributed by atoms with Crippen molar-refractivity contribution in [3.8, 4) is 0 Å².